The van der Waals surface area contributed by atoms with E-state index >= 15 is 0 Å². The molecule has 31 heavy (non-hydrogen) atoms. The summed E-state index contributed by atoms with van der Waals surface area (Å²) in [6.45, 7) is 2.96. The Labute approximate surface area is 189 Å². The molecule has 158 valence electrons. The molecule has 0 unspecified atom stereocenters. The highest BCUT2D eigenvalue weighted by Gasteiger charge is 2.21. The minimum atomic E-state index is 0.475. The van der Waals surface area contributed by atoms with Gasteiger partial charge in [-0.1, -0.05) is 23.7 Å². The molecule has 0 spiro atoms. The lowest BCUT2D eigenvalue weighted by atomic mass is 10.2. The number of thioether (sulfide) groups is 1. The van der Waals surface area contributed by atoms with Crippen molar-refractivity contribution in [3.05, 3.63) is 53.7 Å². The average molecular weight is 453 g/mol. The van der Waals surface area contributed by atoms with Crippen LogP contribution in [0.4, 0.5) is 17.5 Å². The summed E-state index contributed by atoms with van der Waals surface area (Å²) in [4.78, 5) is 20.3. The Morgan fingerprint density at radius 1 is 1.03 bits per heavy atom. The number of hydrogen-bond acceptors (Lipinski definition) is 7. The van der Waals surface area contributed by atoms with Crippen LogP contribution in [0, 0.1) is 0 Å². The fraction of sp³-hybridized carbons (Fsp3) is 0.227. The minimum absolute atomic E-state index is 0.475. The molecule has 1 aliphatic rings. The van der Waals surface area contributed by atoms with Crippen molar-refractivity contribution in [3.8, 4) is 11.4 Å². The van der Waals surface area contributed by atoms with Gasteiger partial charge >= 0.3 is 0 Å². The second kappa shape index (κ2) is 8.74. The van der Waals surface area contributed by atoms with E-state index < -0.39 is 0 Å². The lowest BCUT2D eigenvalue weighted by molar-refractivity contribution is 0.122. The zero-order chi connectivity index (χ0) is 21.2. The Morgan fingerprint density at radius 3 is 2.55 bits per heavy atom. The van der Waals surface area contributed by atoms with Gasteiger partial charge in [0.05, 0.1) is 29.1 Å². The number of ether oxygens (including phenoxy) is 1. The molecular formula is C22H21ClN6OS. The highest BCUT2D eigenvalue weighted by Crippen LogP contribution is 2.35. The van der Waals surface area contributed by atoms with E-state index in [1.54, 1.807) is 11.8 Å². The molecule has 0 atom stereocenters. The predicted octanol–water partition coefficient (Wildman–Crippen LogP) is 4.98. The van der Waals surface area contributed by atoms with E-state index in [9.17, 15) is 0 Å². The number of nitrogens with one attached hydrogen (secondary N) is 2. The third-order valence-corrected chi connectivity index (χ3v) is 6.29. The summed E-state index contributed by atoms with van der Waals surface area (Å²) in [5.74, 6) is 2.18. The maximum Gasteiger partial charge on any atom is 0.205 e. The zero-order valence-electron chi connectivity index (χ0n) is 16.9. The number of aromatic amines is 1. The monoisotopic (exact) mass is 452 g/mol. The first-order chi connectivity index (χ1) is 15.2. The van der Waals surface area contributed by atoms with E-state index in [1.807, 2.05) is 54.8 Å². The summed E-state index contributed by atoms with van der Waals surface area (Å²) >= 11 is 8.09. The smallest absolute Gasteiger partial charge is 0.205 e. The molecule has 2 aromatic carbocycles. The summed E-state index contributed by atoms with van der Waals surface area (Å²) in [6, 6.07) is 15.9. The summed E-state index contributed by atoms with van der Waals surface area (Å²) < 4.78 is 5.48. The second-order valence-corrected chi connectivity index (χ2v) is 8.27. The number of para-hydroxylation sites is 2. The standard InChI is InChI=1S/C22H21ClN6OS/c1-31-18-19(23)27-20(28-21(18)29-10-12-30-13-11-29)14-6-8-15(9-7-14)24-22-25-16-4-2-3-5-17(16)26-22/h2-9H,10-13H2,1H3,(H2,24,25,26). The molecule has 3 heterocycles. The van der Waals surface area contributed by atoms with Crippen LogP contribution >= 0.6 is 23.4 Å². The van der Waals surface area contributed by atoms with Crippen LogP contribution in [0.2, 0.25) is 5.15 Å². The van der Waals surface area contributed by atoms with Crippen molar-refractivity contribution in [3.63, 3.8) is 0 Å². The molecule has 9 heteroatoms. The van der Waals surface area contributed by atoms with Crippen LogP contribution in [0.15, 0.2) is 53.4 Å². The molecule has 0 radical (unpaired) electrons. The molecule has 2 N–H and O–H groups in total. The van der Waals surface area contributed by atoms with Crippen molar-refractivity contribution in [2.24, 2.45) is 0 Å². The zero-order valence-corrected chi connectivity index (χ0v) is 18.5. The topological polar surface area (TPSA) is 79.0 Å². The third kappa shape index (κ3) is 4.19. The molecule has 0 aliphatic carbocycles. The summed E-state index contributed by atoms with van der Waals surface area (Å²) in [7, 11) is 0. The summed E-state index contributed by atoms with van der Waals surface area (Å²) in [6.07, 6.45) is 1.99. The number of anilines is 3. The normalized spacial score (nSPS) is 14.2. The first kappa shape index (κ1) is 20.1. The highest BCUT2D eigenvalue weighted by atomic mass is 35.5. The Hall–Kier alpha value is -2.81. The van der Waals surface area contributed by atoms with Gasteiger partial charge in [-0.2, -0.15) is 0 Å². The summed E-state index contributed by atoms with van der Waals surface area (Å²) in [5.41, 5.74) is 3.74. The number of morpholine rings is 1. The van der Waals surface area contributed by atoms with E-state index in [-0.39, 0.29) is 0 Å². The van der Waals surface area contributed by atoms with Gasteiger partial charge < -0.3 is 19.9 Å². The van der Waals surface area contributed by atoms with E-state index in [4.69, 9.17) is 21.3 Å². The van der Waals surface area contributed by atoms with Crippen LogP contribution in [-0.4, -0.2) is 52.5 Å². The lowest BCUT2D eigenvalue weighted by Gasteiger charge is -2.29. The van der Waals surface area contributed by atoms with Crippen molar-refractivity contribution < 1.29 is 4.74 Å². The molecule has 5 rings (SSSR count). The van der Waals surface area contributed by atoms with E-state index in [2.05, 4.69) is 25.2 Å². The lowest BCUT2D eigenvalue weighted by Crippen LogP contribution is -2.37. The number of imidazole rings is 1. The van der Waals surface area contributed by atoms with Gasteiger partial charge in [0.25, 0.3) is 0 Å². The van der Waals surface area contributed by atoms with Gasteiger partial charge in [0.2, 0.25) is 5.95 Å². The maximum absolute atomic E-state index is 6.53. The number of halogens is 1. The number of rotatable bonds is 5. The number of benzene rings is 2. The molecule has 2 aromatic heterocycles. The SMILES string of the molecule is CSc1c(Cl)nc(-c2ccc(Nc3nc4ccccc4[nH]3)cc2)nc1N1CCOCC1. The van der Waals surface area contributed by atoms with Crippen LogP contribution in [-0.2, 0) is 4.74 Å². The van der Waals surface area contributed by atoms with Crippen molar-refractivity contribution in [1.82, 2.24) is 19.9 Å². The van der Waals surface area contributed by atoms with E-state index in [1.165, 1.54) is 0 Å². The Kier molecular flexibility index (Phi) is 5.67. The largest absolute Gasteiger partial charge is 0.378 e. The Balaban J connectivity index is 1.41. The van der Waals surface area contributed by atoms with Crippen molar-refractivity contribution in [1.29, 1.82) is 0 Å². The molecule has 0 saturated carbocycles. The van der Waals surface area contributed by atoms with Crippen molar-refractivity contribution in [2.75, 3.05) is 42.8 Å². The number of fused-ring (bicyclic) bond motifs is 1. The number of aromatic nitrogens is 4. The quantitative estimate of drug-likeness (QED) is 0.326. The first-order valence-corrected chi connectivity index (χ1v) is 11.6. The molecule has 7 nitrogen and oxygen atoms in total. The Bertz CT molecular complexity index is 1170. The summed E-state index contributed by atoms with van der Waals surface area (Å²) in [5, 5.41) is 3.78. The highest BCUT2D eigenvalue weighted by molar-refractivity contribution is 7.98. The molecule has 1 fully saturated rings. The van der Waals surface area contributed by atoms with E-state index in [0.29, 0.717) is 30.1 Å². The molecular weight excluding hydrogens is 432 g/mol. The van der Waals surface area contributed by atoms with Gasteiger partial charge in [0.15, 0.2) is 5.82 Å². The van der Waals surface area contributed by atoms with Crippen LogP contribution in [0.3, 0.4) is 0 Å². The fourth-order valence-electron chi connectivity index (χ4n) is 3.56. The van der Waals surface area contributed by atoms with Gasteiger partial charge in [-0.05, 0) is 42.7 Å². The van der Waals surface area contributed by atoms with E-state index in [0.717, 1.165) is 46.1 Å². The second-order valence-electron chi connectivity index (χ2n) is 7.10. The first-order valence-electron chi connectivity index (χ1n) is 9.98. The molecule has 1 aliphatic heterocycles. The van der Waals surface area contributed by atoms with Crippen molar-refractivity contribution in [2.45, 2.75) is 4.90 Å². The average Bonchev–Trinajstić information content (AvgIpc) is 3.22. The fourth-order valence-corrected chi connectivity index (χ4v) is 4.52. The minimum Gasteiger partial charge on any atom is -0.378 e. The maximum atomic E-state index is 6.53. The molecule has 0 amide bonds. The molecule has 4 aromatic rings. The van der Waals surface area contributed by atoms with Gasteiger partial charge in [0, 0.05) is 24.3 Å². The van der Waals surface area contributed by atoms with Gasteiger partial charge in [-0.3, -0.25) is 0 Å². The Morgan fingerprint density at radius 2 is 1.81 bits per heavy atom. The molecule has 0 bridgehead atoms. The number of H-pyrrole nitrogens is 1. The number of nitrogens with zero attached hydrogens (tertiary/aromatic N) is 4. The van der Waals surface area contributed by atoms with Gasteiger partial charge in [-0.25, -0.2) is 15.0 Å². The third-order valence-electron chi connectivity index (χ3n) is 5.12. The van der Waals surface area contributed by atoms with Crippen LogP contribution < -0.4 is 10.2 Å². The van der Waals surface area contributed by atoms with Gasteiger partial charge in [-0.15, -0.1) is 11.8 Å². The number of hydrogen-bond donors (Lipinski definition) is 2. The van der Waals surface area contributed by atoms with Crippen LogP contribution in [0.5, 0.6) is 0 Å². The van der Waals surface area contributed by atoms with Crippen LogP contribution in [0.1, 0.15) is 0 Å². The predicted molar refractivity (Wildman–Crippen MR) is 127 cm³/mol. The van der Waals surface area contributed by atoms with Gasteiger partial charge in [0.1, 0.15) is 11.0 Å². The van der Waals surface area contributed by atoms with Crippen LogP contribution in [0.25, 0.3) is 22.4 Å². The molecule has 1 saturated heterocycles. The van der Waals surface area contributed by atoms with Crippen molar-refractivity contribution >= 4 is 51.8 Å².